The van der Waals surface area contributed by atoms with Crippen LogP contribution < -0.4 is 0 Å². The predicted octanol–water partition coefficient (Wildman–Crippen LogP) is 3.08. The molecular weight excluding hydrogens is 252 g/mol. The third kappa shape index (κ3) is 2.96. The van der Waals surface area contributed by atoms with E-state index in [9.17, 15) is 4.79 Å². The number of nitrogens with zero attached hydrogens (tertiary/aromatic N) is 2. The molecule has 2 aromatic rings. The number of aromatic nitrogens is 1. The van der Waals surface area contributed by atoms with Crippen LogP contribution in [0, 0.1) is 13.8 Å². The molecule has 0 aliphatic heterocycles. The Balaban J connectivity index is 2.50. The van der Waals surface area contributed by atoms with Gasteiger partial charge in [-0.1, -0.05) is 0 Å². The lowest BCUT2D eigenvalue weighted by atomic mass is 9.98. The molecule has 104 valence electrons. The summed E-state index contributed by atoms with van der Waals surface area (Å²) in [4.78, 5) is 18.7. The lowest BCUT2D eigenvalue weighted by Crippen LogP contribution is -2.10. The lowest BCUT2D eigenvalue weighted by Gasteiger charge is -2.12. The minimum atomic E-state index is -0.0458. The van der Waals surface area contributed by atoms with Crippen molar-refractivity contribution in [2.75, 3.05) is 14.1 Å². The minimum Gasteiger partial charge on any atom is -0.469 e. The Labute approximate surface area is 118 Å². The molecule has 0 amide bonds. The van der Waals surface area contributed by atoms with Gasteiger partial charge in [-0.2, -0.15) is 0 Å². The fourth-order valence-electron chi connectivity index (χ4n) is 2.00. The first-order valence-corrected chi connectivity index (χ1v) is 6.39. The van der Waals surface area contributed by atoms with E-state index in [0.29, 0.717) is 16.9 Å². The summed E-state index contributed by atoms with van der Waals surface area (Å²) in [5.41, 5.74) is 2.96. The van der Waals surface area contributed by atoms with Crippen molar-refractivity contribution in [2.24, 2.45) is 0 Å². The summed E-state index contributed by atoms with van der Waals surface area (Å²) in [6.07, 6.45) is 5.07. The van der Waals surface area contributed by atoms with Crippen LogP contribution in [0.3, 0.4) is 0 Å². The number of pyridine rings is 1. The van der Waals surface area contributed by atoms with Crippen LogP contribution in [-0.2, 0) is 0 Å². The molecule has 0 saturated heterocycles. The Morgan fingerprint density at radius 2 is 2.05 bits per heavy atom. The molecule has 0 atom stereocenters. The third-order valence-corrected chi connectivity index (χ3v) is 2.94. The van der Waals surface area contributed by atoms with Crippen LogP contribution in [0.4, 0.5) is 0 Å². The van der Waals surface area contributed by atoms with Crippen molar-refractivity contribution in [3.8, 4) is 0 Å². The lowest BCUT2D eigenvalue weighted by molar-refractivity contribution is 0.105. The maximum absolute atomic E-state index is 12.7. The van der Waals surface area contributed by atoms with Crippen LogP contribution in [-0.4, -0.2) is 29.8 Å². The molecule has 0 aliphatic rings. The average molecular weight is 270 g/mol. The van der Waals surface area contributed by atoms with Crippen LogP contribution in [0.5, 0.6) is 0 Å². The zero-order chi connectivity index (χ0) is 14.7. The summed E-state index contributed by atoms with van der Waals surface area (Å²) >= 11 is 0. The van der Waals surface area contributed by atoms with Crippen molar-refractivity contribution in [3.63, 3.8) is 0 Å². The van der Waals surface area contributed by atoms with Gasteiger partial charge in [-0.25, -0.2) is 0 Å². The molecule has 0 fully saturated rings. The molecule has 0 unspecified atom stereocenters. The topological polar surface area (TPSA) is 46.3 Å². The molecule has 4 nitrogen and oxygen atoms in total. The molecule has 0 bridgehead atoms. The molecular formula is C16H18N2O2. The number of hydrogen-bond donors (Lipinski definition) is 0. The van der Waals surface area contributed by atoms with Crippen molar-refractivity contribution in [1.29, 1.82) is 0 Å². The molecule has 0 saturated carbocycles. The molecule has 4 heteroatoms. The van der Waals surface area contributed by atoms with Crippen LogP contribution in [0.15, 0.2) is 41.3 Å². The number of ketones is 1. The molecule has 2 heterocycles. The summed E-state index contributed by atoms with van der Waals surface area (Å²) < 4.78 is 5.23. The minimum absolute atomic E-state index is 0.0458. The molecule has 0 N–H and O–H groups in total. The molecule has 20 heavy (non-hydrogen) atoms. The second-order valence-electron chi connectivity index (χ2n) is 4.91. The summed E-state index contributed by atoms with van der Waals surface area (Å²) in [7, 11) is 3.78. The third-order valence-electron chi connectivity index (χ3n) is 2.94. The van der Waals surface area contributed by atoms with Crippen molar-refractivity contribution in [1.82, 2.24) is 9.88 Å². The maximum Gasteiger partial charge on any atom is 0.198 e. The summed E-state index contributed by atoms with van der Waals surface area (Å²) in [6.45, 7) is 3.70. The van der Waals surface area contributed by atoms with Gasteiger partial charge in [0.1, 0.15) is 5.76 Å². The SMILES string of the molecule is Cc1cc(/C(=C\N(C)C)C(=O)c2ccoc2C)ccn1. The molecule has 0 aromatic carbocycles. The van der Waals surface area contributed by atoms with Gasteiger partial charge < -0.3 is 9.32 Å². The van der Waals surface area contributed by atoms with E-state index in [1.807, 2.05) is 44.3 Å². The van der Waals surface area contributed by atoms with E-state index in [0.717, 1.165) is 11.3 Å². The van der Waals surface area contributed by atoms with Crippen molar-refractivity contribution in [2.45, 2.75) is 13.8 Å². The smallest absolute Gasteiger partial charge is 0.198 e. The highest BCUT2D eigenvalue weighted by molar-refractivity contribution is 6.29. The Morgan fingerprint density at radius 1 is 1.30 bits per heavy atom. The molecule has 0 spiro atoms. The Bertz CT molecular complexity index is 654. The molecule has 2 rings (SSSR count). The van der Waals surface area contributed by atoms with Crippen LogP contribution in [0.1, 0.15) is 27.4 Å². The van der Waals surface area contributed by atoms with Gasteiger partial charge >= 0.3 is 0 Å². The number of furan rings is 1. The highest BCUT2D eigenvalue weighted by Crippen LogP contribution is 2.23. The summed E-state index contributed by atoms with van der Waals surface area (Å²) in [5.74, 6) is 0.584. The van der Waals surface area contributed by atoms with E-state index in [4.69, 9.17) is 4.42 Å². The number of aryl methyl sites for hydroxylation is 2. The normalized spacial score (nSPS) is 11.5. The highest BCUT2D eigenvalue weighted by atomic mass is 16.3. The maximum atomic E-state index is 12.7. The Morgan fingerprint density at radius 3 is 2.60 bits per heavy atom. The number of rotatable bonds is 4. The van der Waals surface area contributed by atoms with Crippen molar-refractivity contribution in [3.05, 3.63) is 59.4 Å². The first kappa shape index (κ1) is 14.1. The fraction of sp³-hybridized carbons (Fsp3) is 0.250. The van der Waals surface area contributed by atoms with Gasteiger partial charge in [0, 0.05) is 37.8 Å². The van der Waals surface area contributed by atoms with Gasteiger partial charge in [0.25, 0.3) is 0 Å². The molecule has 0 aliphatic carbocycles. The van der Waals surface area contributed by atoms with E-state index < -0.39 is 0 Å². The van der Waals surface area contributed by atoms with E-state index in [2.05, 4.69) is 4.98 Å². The quantitative estimate of drug-likeness (QED) is 0.632. The zero-order valence-corrected chi connectivity index (χ0v) is 12.2. The predicted molar refractivity (Wildman–Crippen MR) is 78.4 cm³/mol. The van der Waals surface area contributed by atoms with Crippen molar-refractivity contribution >= 4 is 11.4 Å². The number of carbonyl (C=O) groups excluding carboxylic acids is 1. The van der Waals surface area contributed by atoms with Gasteiger partial charge in [0.05, 0.1) is 11.8 Å². The molecule has 2 aromatic heterocycles. The largest absolute Gasteiger partial charge is 0.469 e. The second kappa shape index (κ2) is 5.74. The summed E-state index contributed by atoms with van der Waals surface area (Å²) in [6, 6.07) is 5.45. The van der Waals surface area contributed by atoms with Crippen LogP contribution in [0.25, 0.3) is 5.57 Å². The first-order chi connectivity index (χ1) is 9.49. The number of allylic oxidation sites excluding steroid dienone is 1. The van der Waals surface area contributed by atoms with Crippen molar-refractivity contribution < 1.29 is 9.21 Å². The number of Topliss-reactive ketones (excluding diaryl/α,β-unsaturated/α-hetero) is 1. The second-order valence-corrected chi connectivity index (χ2v) is 4.91. The van der Waals surface area contributed by atoms with Gasteiger partial charge in [0.2, 0.25) is 0 Å². The van der Waals surface area contributed by atoms with E-state index in [1.54, 1.807) is 19.2 Å². The van der Waals surface area contributed by atoms with E-state index in [1.165, 1.54) is 6.26 Å². The fourth-order valence-corrected chi connectivity index (χ4v) is 2.00. The number of carbonyl (C=O) groups is 1. The van der Waals surface area contributed by atoms with Gasteiger partial charge in [-0.05, 0) is 37.6 Å². The Hall–Kier alpha value is -2.36. The monoisotopic (exact) mass is 270 g/mol. The average Bonchev–Trinajstić information content (AvgIpc) is 2.81. The van der Waals surface area contributed by atoms with Crippen LogP contribution in [0.2, 0.25) is 0 Å². The van der Waals surface area contributed by atoms with Gasteiger partial charge in [0.15, 0.2) is 5.78 Å². The summed E-state index contributed by atoms with van der Waals surface area (Å²) in [5, 5.41) is 0. The highest BCUT2D eigenvalue weighted by Gasteiger charge is 2.18. The van der Waals surface area contributed by atoms with Gasteiger partial charge in [-0.3, -0.25) is 9.78 Å². The number of hydrogen-bond acceptors (Lipinski definition) is 4. The standard InChI is InChI=1S/C16H18N2O2/c1-11-9-13(5-7-17-11)15(10-18(3)4)16(19)14-6-8-20-12(14)2/h5-10H,1-4H3/b15-10+. The van der Waals surface area contributed by atoms with Gasteiger partial charge in [-0.15, -0.1) is 0 Å². The zero-order valence-electron chi connectivity index (χ0n) is 12.2. The first-order valence-electron chi connectivity index (χ1n) is 6.39. The van der Waals surface area contributed by atoms with Crippen LogP contribution >= 0.6 is 0 Å². The molecule has 0 radical (unpaired) electrons. The van der Waals surface area contributed by atoms with E-state index in [-0.39, 0.29) is 5.78 Å². The van der Waals surface area contributed by atoms with E-state index >= 15 is 0 Å². The Kier molecular flexibility index (Phi) is 4.03.